The van der Waals surface area contributed by atoms with Crippen molar-refractivity contribution in [1.29, 1.82) is 0 Å². The lowest BCUT2D eigenvalue weighted by Gasteiger charge is -2.13. The molecule has 4 aromatic rings. The van der Waals surface area contributed by atoms with Gasteiger partial charge in [-0.1, -0.05) is 12.1 Å². The molecule has 4 rings (SSSR count). The van der Waals surface area contributed by atoms with Crippen LogP contribution in [0.15, 0.2) is 60.7 Å². The zero-order valence-electron chi connectivity index (χ0n) is 16.1. The highest BCUT2D eigenvalue weighted by molar-refractivity contribution is 5.91. The van der Waals surface area contributed by atoms with Crippen LogP contribution >= 0.6 is 0 Å². The van der Waals surface area contributed by atoms with Crippen molar-refractivity contribution in [2.45, 2.75) is 13.1 Å². The molecule has 10 heteroatoms. The van der Waals surface area contributed by atoms with Gasteiger partial charge in [0, 0.05) is 5.69 Å². The second-order valence-corrected chi connectivity index (χ2v) is 6.69. The van der Waals surface area contributed by atoms with Crippen LogP contribution in [0.25, 0.3) is 16.9 Å². The third-order valence-electron chi connectivity index (χ3n) is 4.60. The van der Waals surface area contributed by atoms with Crippen LogP contribution in [0.3, 0.4) is 0 Å². The van der Waals surface area contributed by atoms with E-state index in [1.807, 2.05) is 24.3 Å². The van der Waals surface area contributed by atoms with E-state index in [1.165, 1.54) is 24.3 Å². The van der Waals surface area contributed by atoms with Gasteiger partial charge in [0.05, 0.1) is 22.2 Å². The molecule has 0 spiro atoms. The van der Waals surface area contributed by atoms with Gasteiger partial charge >= 0.3 is 12.1 Å². The predicted molar refractivity (Wildman–Crippen MR) is 108 cm³/mol. The Morgan fingerprint density at radius 3 is 2.45 bits per heavy atom. The van der Waals surface area contributed by atoms with Crippen molar-refractivity contribution in [3.63, 3.8) is 0 Å². The Bertz CT molecular complexity index is 1270. The average molecular weight is 427 g/mol. The van der Waals surface area contributed by atoms with Crippen LogP contribution in [0.4, 0.5) is 24.7 Å². The molecule has 0 saturated carbocycles. The molecular weight excluding hydrogens is 411 g/mol. The number of fused-ring (bicyclic) bond motifs is 1. The van der Waals surface area contributed by atoms with Crippen molar-refractivity contribution >= 4 is 28.5 Å². The molecule has 0 bridgehead atoms. The Hall–Kier alpha value is -3.92. The van der Waals surface area contributed by atoms with Gasteiger partial charge in [0.15, 0.2) is 0 Å². The molecule has 0 fully saturated rings. The van der Waals surface area contributed by atoms with Crippen LogP contribution in [0.5, 0.6) is 0 Å². The maximum Gasteiger partial charge on any atom is 0.416 e. The first-order valence-electron chi connectivity index (χ1n) is 9.08. The maximum atomic E-state index is 12.8. The zero-order chi connectivity index (χ0) is 22.2. The number of nitrogens with one attached hydrogen (secondary N) is 1. The highest BCUT2D eigenvalue weighted by Gasteiger charge is 2.30. The minimum Gasteiger partial charge on any atom is -0.370 e. The normalized spacial score (nSPS) is 11.5. The van der Waals surface area contributed by atoms with E-state index in [-0.39, 0.29) is 11.4 Å². The largest absolute Gasteiger partial charge is 0.416 e. The summed E-state index contributed by atoms with van der Waals surface area (Å²) in [5.41, 5.74) is 1.21. The lowest BCUT2D eigenvalue weighted by Crippen LogP contribution is -2.12. The fraction of sp³-hybridized carbons (Fsp3) is 0.0952. The van der Waals surface area contributed by atoms with Gasteiger partial charge in [0.1, 0.15) is 17.5 Å². The number of halogens is 3. The minimum absolute atomic E-state index is 0.110. The van der Waals surface area contributed by atoms with Crippen LogP contribution in [0.1, 0.15) is 21.7 Å². The van der Waals surface area contributed by atoms with Crippen molar-refractivity contribution in [3.8, 4) is 5.82 Å². The quantitative estimate of drug-likeness (QED) is 0.465. The van der Waals surface area contributed by atoms with Crippen molar-refractivity contribution in [2.75, 3.05) is 5.32 Å². The van der Waals surface area contributed by atoms with Crippen molar-refractivity contribution in [1.82, 2.24) is 14.5 Å². The number of carbonyl (C=O) groups excluding carboxylic acids is 1. The van der Waals surface area contributed by atoms with Crippen molar-refractivity contribution in [2.24, 2.45) is 5.90 Å². The number of para-hydroxylation sites is 2. The highest BCUT2D eigenvalue weighted by atomic mass is 19.4. The van der Waals surface area contributed by atoms with Crippen LogP contribution in [0.2, 0.25) is 0 Å². The van der Waals surface area contributed by atoms with Crippen molar-refractivity contribution < 1.29 is 22.8 Å². The van der Waals surface area contributed by atoms with Crippen LogP contribution in [-0.4, -0.2) is 20.5 Å². The van der Waals surface area contributed by atoms with Crippen LogP contribution in [0, 0.1) is 6.92 Å². The molecule has 0 saturated heterocycles. The summed E-state index contributed by atoms with van der Waals surface area (Å²) in [7, 11) is 0. The number of hydrogen-bond donors (Lipinski definition) is 2. The lowest BCUT2D eigenvalue weighted by atomic mass is 10.2. The van der Waals surface area contributed by atoms with Gasteiger partial charge in [0.2, 0.25) is 0 Å². The predicted octanol–water partition coefficient (Wildman–Crippen LogP) is 4.52. The topological polar surface area (TPSA) is 95.1 Å². The summed E-state index contributed by atoms with van der Waals surface area (Å²) < 4.78 is 40.1. The molecule has 0 atom stereocenters. The van der Waals surface area contributed by atoms with E-state index in [1.54, 1.807) is 11.5 Å². The van der Waals surface area contributed by atoms with E-state index in [4.69, 9.17) is 5.90 Å². The number of rotatable bonds is 4. The molecule has 2 aromatic heterocycles. The number of aryl methyl sites for hydroxylation is 1. The number of alkyl halides is 3. The number of imidazole rings is 1. The Morgan fingerprint density at radius 1 is 1.06 bits per heavy atom. The van der Waals surface area contributed by atoms with Gasteiger partial charge in [-0.2, -0.15) is 19.1 Å². The third-order valence-corrected chi connectivity index (χ3v) is 4.60. The maximum absolute atomic E-state index is 12.8. The number of carbonyl (C=O) groups is 1. The second-order valence-electron chi connectivity index (χ2n) is 6.69. The van der Waals surface area contributed by atoms with E-state index in [9.17, 15) is 18.0 Å². The van der Waals surface area contributed by atoms with Gasteiger partial charge in [-0.3, -0.25) is 4.57 Å². The summed E-state index contributed by atoms with van der Waals surface area (Å²) in [6.45, 7) is 1.79. The molecule has 0 aliphatic carbocycles. The number of benzene rings is 2. The molecule has 31 heavy (non-hydrogen) atoms. The molecule has 0 unspecified atom stereocenters. The molecule has 2 heterocycles. The lowest BCUT2D eigenvalue weighted by molar-refractivity contribution is -0.137. The standard InChI is InChI=1S/C21H16F3N5O2/c1-12-26-16-4-2-3-5-17(16)29(12)19-11-13(20(30)31-25)10-18(28-19)27-15-8-6-14(7-9-15)21(22,23)24/h2-11H,25H2,1H3,(H,27,28). The zero-order valence-corrected chi connectivity index (χ0v) is 16.1. The summed E-state index contributed by atoms with van der Waals surface area (Å²) in [5.74, 6) is 5.46. The summed E-state index contributed by atoms with van der Waals surface area (Å²) in [6.07, 6.45) is -4.44. The first-order chi connectivity index (χ1) is 14.8. The van der Waals surface area contributed by atoms with Crippen LogP contribution < -0.4 is 11.2 Å². The second kappa shape index (κ2) is 7.73. The smallest absolute Gasteiger partial charge is 0.370 e. The Labute approximate surface area is 174 Å². The molecule has 0 aliphatic rings. The first kappa shape index (κ1) is 20.4. The molecular formula is C21H16F3N5O2. The number of pyridine rings is 1. The molecule has 7 nitrogen and oxygen atoms in total. The Morgan fingerprint density at radius 2 is 1.77 bits per heavy atom. The molecule has 0 aliphatic heterocycles. The van der Waals surface area contributed by atoms with Gasteiger partial charge < -0.3 is 10.2 Å². The molecule has 2 aromatic carbocycles. The first-order valence-corrected chi connectivity index (χ1v) is 9.08. The SMILES string of the molecule is Cc1nc2ccccc2n1-c1cc(C(=O)ON)cc(Nc2ccc(C(F)(F)F)cc2)n1. The average Bonchev–Trinajstić information content (AvgIpc) is 3.08. The Balaban J connectivity index is 1.78. The third kappa shape index (κ3) is 4.05. The van der Waals surface area contributed by atoms with E-state index >= 15 is 0 Å². The highest BCUT2D eigenvalue weighted by Crippen LogP contribution is 2.30. The van der Waals surface area contributed by atoms with Gasteiger partial charge in [-0.15, -0.1) is 0 Å². The Kier molecular flexibility index (Phi) is 5.07. The van der Waals surface area contributed by atoms with E-state index in [2.05, 4.69) is 20.1 Å². The van der Waals surface area contributed by atoms with E-state index in [0.717, 1.165) is 23.2 Å². The summed E-state index contributed by atoms with van der Waals surface area (Å²) in [6, 6.07) is 14.7. The summed E-state index contributed by atoms with van der Waals surface area (Å²) in [5, 5.41) is 2.91. The molecule has 158 valence electrons. The van der Waals surface area contributed by atoms with Crippen molar-refractivity contribution in [3.05, 3.63) is 77.6 Å². The number of nitrogens with two attached hydrogens (primary N) is 1. The van der Waals surface area contributed by atoms with Gasteiger partial charge in [-0.25, -0.2) is 14.8 Å². The number of hydrogen-bond acceptors (Lipinski definition) is 6. The summed E-state index contributed by atoms with van der Waals surface area (Å²) >= 11 is 0. The van der Waals surface area contributed by atoms with Gasteiger partial charge in [-0.05, 0) is 55.5 Å². The fourth-order valence-electron chi connectivity index (χ4n) is 3.21. The number of nitrogens with zero attached hydrogens (tertiary/aromatic N) is 3. The summed E-state index contributed by atoms with van der Waals surface area (Å²) in [4.78, 5) is 25.4. The molecule has 0 radical (unpaired) electrons. The van der Waals surface area contributed by atoms with E-state index in [0.29, 0.717) is 17.3 Å². The number of aromatic nitrogens is 3. The fourth-order valence-corrected chi connectivity index (χ4v) is 3.21. The van der Waals surface area contributed by atoms with E-state index < -0.39 is 17.7 Å². The minimum atomic E-state index is -4.44. The molecule has 3 N–H and O–H groups in total. The van der Waals surface area contributed by atoms with Crippen LogP contribution in [-0.2, 0) is 11.0 Å². The monoisotopic (exact) mass is 427 g/mol. The molecule has 0 amide bonds. The number of anilines is 2. The van der Waals surface area contributed by atoms with Gasteiger partial charge in [0.25, 0.3) is 0 Å².